The Labute approximate surface area is 111 Å². The zero-order valence-electron chi connectivity index (χ0n) is 10.4. The lowest BCUT2D eigenvalue weighted by Gasteiger charge is -2.15. The largest absolute Gasteiger partial charge is 0.279 e. The number of aromatic nitrogens is 1. The van der Waals surface area contributed by atoms with E-state index in [1.807, 2.05) is 13.8 Å². The van der Waals surface area contributed by atoms with Gasteiger partial charge >= 0.3 is 0 Å². The Hall–Kier alpha value is -1.42. The molecule has 18 heavy (non-hydrogen) atoms. The number of halogens is 1. The van der Waals surface area contributed by atoms with Crippen molar-refractivity contribution in [2.75, 3.05) is 6.54 Å². The van der Waals surface area contributed by atoms with Crippen LogP contribution in [0, 0.1) is 0 Å². The average molecular weight is 267 g/mol. The van der Waals surface area contributed by atoms with Crippen LogP contribution in [0.3, 0.4) is 0 Å². The van der Waals surface area contributed by atoms with Crippen LogP contribution in [0.5, 0.6) is 0 Å². The van der Waals surface area contributed by atoms with Crippen molar-refractivity contribution >= 4 is 23.4 Å². The number of rotatable bonds is 2. The molecule has 0 aromatic carbocycles. The predicted molar refractivity (Wildman–Crippen MR) is 68.6 cm³/mol. The molecule has 1 aliphatic rings. The van der Waals surface area contributed by atoms with Crippen molar-refractivity contribution in [3.63, 3.8) is 0 Å². The van der Waals surface area contributed by atoms with Crippen LogP contribution in [0.1, 0.15) is 48.7 Å². The van der Waals surface area contributed by atoms with E-state index in [0.29, 0.717) is 18.5 Å². The van der Waals surface area contributed by atoms with Gasteiger partial charge in [0.2, 0.25) is 5.91 Å². The van der Waals surface area contributed by atoms with Gasteiger partial charge in [0.25, 0.3) is 5.91 Å². The smallest absolute Gasteiger partial charge is 0.260 e. The molecule has 0 radical (unpaired) electrons. The fourth-order valence-corrected chi connectivity index (χ4v) is 2.17. The minimum Gasteiger partial charge on any atom is -0.279 e. The summed E-state index contributed by atoms with van der Waals surface area (Å²) >= 11 is 5.91. The van der Waals surface area contributed by atoms with Gasteiger partial charge in [0.15, 0.2) is 0 Å². The van der Waals surface area contributed by atoms with Crippen LogP contribution >= 0.6 is 11.6 Å². The normalized spacial score (nSPS) is 15.6. The summed E-state index contributed by atoms with van der Waals surface area (Å²) < 4.78 is 0. The van der Waals surface area contributed by atoms with Gasteiger partial charge in [-0.2, -0.15) is 0 Å². The van der Waals surface area contributed by atoms with Gasteiger partial charge in [-0.05, 0) is 24.5 Å². The Morgan fingerprint density at radius 1 is 1.44 bits per heavy atom. The molecule has 2 rings (SSSR count). The maximum absolute atomic E-state index is 12.2. The molecule has 2 heterocycles. The van der Waals surface area contributed by atoms with Gasteiger partial charge in [0.1, 0.15) is 5.15 Å². The molecule has 1 aromatic heterocycles. The van der Waals surface area contributed by atoms with Gasteiger partial charge in [0, 0.05) is 24.2 Å². The highest BCUT2D eigenvalue weighted by Gasteiger charge is 2.27. The first-order valence-electron chi connectivity index (χ1n) is 6.01. The first kappa shape index (κ1) is 13.0. The van der Waals surface area contributed by atoms with E-state index >= 15 is 0 Å². The maximum Gasteiger partial charge on any atom is 0.260 e. The zero-order chi connectivity index (χ0) is 13.3. The molecule has 0 unspecified atom stereocenters. The van der Waals surface area contributed by atoms with Crippen LogP contribution in [-0.4, -0.2) is 28.2 Å². The number of amides is 2. The fourth-order valence-electron chi connectivity index (χ4n) is 1.96. The van der Waals surface area contributed by atoms with E-state index in [0.717, 1.165) is 12.1 Å². The van der Waals surface area contributed by atoms with Gasteiger partial charge in [-0.15, -0.1) is 0 Å². The molecule has 96 valence electrons. The SMILES string of the molecule is CC(C)c1cc(C(=O)N2CCCC2=O)cc(Cl)n1. The van der Waals surface area contributed by atoms with E-state index in [1.165, 1.54) is 11.0 Å². The molecule has 1 fully saturated rings. The van der Waals surface area contributed by atoms with Crippen molar-refractivity contribution in [1.82, 2.24) is 9.88 Å². The van der Waals surface area contributed by atoms with Crippen LogP contribution in [0.15, 0.2) is 12.1 Å². The number of imide groups is 1. The molecule has 1 aliphatic heterocycles. The van der Waals surface area contributed by atoms with Gasteiger partial charge in [-0.3, -0.25) is 14.5 Å². The third kappa shape index (κ3) is 2.53. The summed E-state index contributed by atoms with van der Waals surface area (Å²) in [6.45, 7) is 4.45. The Kier molecular flexibility index (Phi) is 3.66. The minimum absolute atomic E-state index is 0.112. The van der Waals surface area contributed by atoms with Gasteiger partial charge in [0.05, 0.1) is 0 Å². The summed E-state index contributed by atoms with van der Waals surface area (Å²) in [6, 6.07) is 3.23. The number of pyridine rings is 1. The van der Waals surface area contributed by atoms with E-state index < -0.39 is 0 Å². The van der Waals surface area contributed by atoms with E-state index in [2.05, 4.69) is 4.98 Å². The summed E-state index contributed by atoms with van der Waals surface area (Å²) in [5.74, 6) is -0.202. The quantitative estimate of drug-likeness (QED) is 0.611. The number of carbonyl (C=O) groups is 2. The highest BCUT2D eigenvalue weighted by atomic mass is 35.5. The predicted octanol–water partition coefficient (Wildman–Crippen LogP) is 2.62. The van der Waals surface area contributed by atoms with Crippen LogP contribution in [-0.2, 0) is 4.79 Å². The van der Waals surface area contributed by atoms with Crippen molar-refractivity contribution in [2.24, 2.45) is 0 Å². The molecule has 0 spiro atoms. The molecule has 1 saturated heterocycles. The van der Waals surface area contributed by atoms with Crippen LogP contribution in [0.4, 0.5) is 0 Å². The highest BCUT2D eigenvalue weighted by molar-refractivity contribution is 6.29. The van der Waals surface area contributed by atoms with Crippen molar-refractivity contribution in [3.05, 3.63) is 28.5 Å². The van der Waals surface area contributed by atoms with E-state index in [9.17, 15) is 9.59 Å². The molecule has 1 aromatic rings. The fraction of sp³-hybridized carbons (Fsp3) is 0.462. The minimum atomic E-state index is -0.274. The molecule has 0 bridgehead atoms. The first-order valence-corrected chi connectivity index (χ1v) is 6.39. The molecule has 0 atom stereocenters. The third-order valence-corrected chi connectivity index (χ3v) is 3.16. The van der Waals surface area contributed by atoms with Crippen molar-refractivity contribution in [3.8, 4) is 0 Å². The molecule has 0 aliphatic carbocycles. The molecule has 5 heteroatoms. The second kappa shape index (κ2) is 5.06. The monoisotopic (exact) mass is 266 g/mol. The second-order valence-electron chi connectivity index (χ2n) is 4.71. The number of hydrogen-bond acceptors (Lipinski definition) is 3. The lowest BCUT2D eigenvalue weighted by Crippen LogP contribution is -2.32. The summed E-state index contributed by atoms with van der Waals surface area (Å²) in [5.41, 5.74) is 1.20. The number of nitrogens with zero attached hydrogens (tertiary/aromatic N) is 2. The van der Waals surface area contributed by atoms with Crippen LogP contribution < -0.4 is 0 Å². The third-order valence-electron chi connectivity index (χ3n) is 2.97. The van der Waals surface area contributed by atoms with Crippen LogP contribution in [0.2, 0.25) is 5.15 Å². The molecule has 4 nitrogen and oxygen atoms in total. The summed E-state index contributed by atoms with van der Waals surface area (Å²) in [6.07, 6.45) is 1.18. The zero-order valence-corrected chi connectivity index (χ0v) is 11.2. The highest BCUT2D eigenvalue weighted by Crippen LogP contribution is 2.20. The molecule has 0 N–H and O–H groups in total. The van der Waals surface area contributed by atoms with Crippen molar-refractivity contribution < 1.29 is 9.59 Å². The lowest BCUT2D eigenvalue weighted by atomic mass is 10.1. The lowest BCUT2D eigenvalue weighted by molar-refractivity contribution is -0.125. The van der Waals surface area contributed by atoms with Crippen molar-refractivity contribution in [2.45, 2.75) is 32.6 Å². The molecule has 0 saturated carbocycles. The Balaban J connectivity index is 2.32. The number of carbonyl (C=O) groups excluding carboxylic acids is 2. The Bertz CT molecular complexity index is 500. The van der Waals surface area contributed by atoms with Gasteiger partial charge < -0.3 is 0 Å². The molecule has 2 amide bonds. The Morgan fingerprint density at radius 3 is 2.72 bits per heavy atom. The van der Waals surface area contributed by atoms with Gasteiger partial charge in [-0.1, -0.05) is 25.4 Å². The number of hydrogen-bond donors (Lipinski definition) is 0. The topological polar surface area (TPSA) is 50.3 Å². The Morgan fingerprint density at radius 2 is 2.17 bits per heavy atom. The van der Waals surface area contributed by atoms with E-state index in [1.54, 1.807) is 6.07 Å². The molecular weight excluding hydrogens is 252 g/mol. The summed E-state index contributed by atoms with van der Waals surface area (Å²) in [5, 5.41) is 0.288. The standard InChI is InChI=1S/C13H15ClN2O2/c1-8(2)10-6-9(7-11(14)15-10)13(18)16-5-3-4-12(16)17/h6-8H,3-5H2,1-2H3. The summed E-state index contributed by atoms with van der Waals surface area (Å²) in [4.78, 5) is 29.2. The van der Waals surface area contributed by atoms with E-state index in [4.69, 9.17) is 11.6 Å². The van der Waals surface area contributed by atoms with Gasteiger partial charge in [-0.25, -0.2) is 4.98 Å². The second-order valence-corrected chi connectivity index (χ2v) is 5.10. The first-order chi connectivity index (χ1) is 8.49. The van der Waals surface area contributed by atoms with E-state index in [-0.39, 0.29) is 22.9 Å². The summed E-state index contributed by atoms with van der Waals surface area (Å²) in [7, 11) is 0. The molecular formula is C13H15ClN2O2. The maximum atomic E-state index is 12.2. The number of likely N-dealkylation sites (tertiary alicyclic amines) is 1. The van der Waals surface area contributed by atoms with Crippen molar-refractivity contribution in [1.29, 1.82) is 0 Å². The average Bonchev–Trinajstić information content (AvgIpc) is 2.73. The van der Waals surface area contributed by atoms with Crippen LogP contribution in [0.25, 0.3) is 0 Å².